The van der Waals surface area contributed by atoms with Crippen LogP contribution < -0.4 is 5.32 Å². The molecule has 1 aromatic rings. The van der Waals surface area contributed by atoms with Crippen molar-refractivity contribution in [1.29, 1.82) is 0 Å². The number of allylic oxidation sites excluding steroid dienone is 1. The number of amides is 2. The maximum absolute atomic E-state index is 12.6. The van der Waals surface area contributed by atoms with Crippen LogP contribution in [0.15, 0.2) is 35.5 Å². The molecule has 1 aromatic carbocycles. The van der Waals surface area contributed by atoms with Crippen molar-refractivity contribution in [1.82, 2.24) is 10.2 Å². The third-order valence-electron chi connectivity index (χ3n) is 4.15. The molecule has 1 N–H and O–H groups in total. The average Bonchev–Trinajstić information content (AvgIpc) is 2.59. The van der Waals surface area contributed by atoms with Crippen LogP contribution in [0, 0.1) is 10.1 Å². The molecule has 0 fully saturated rings. The van der Waals surface area contributed by atoms with Crippen LogP contribution in [0.25, 0.3) is 0 Å². The summed E-state index contributed by atoms with van der Waals surface area (Å²) in [5, 5.41) is 14.0. The number of para-hydroxylation sites is 1. The van der Waals surface area contributed by atoms with Crippen molar-refractivity contribution in [3.63, 3.8) is 0 Å². The lowest BCUT2D eigenvalue weighted by atomic mass is 9.94. The van der Waals surface area contributed by atoms with E-state index in [2.05, 4.69) is 5.32 Å². The van der Waals surface area contributed by atoms with Gasteiger partial charge in [-0.25, -0.2) is 9.59 Å². The first-order valence-corrected chi connectivity index (χ1v) is 8.03. The summed E-state index contributed by atoms with van der Waals surface area (Å²) in [5.41, 5.74) is 0.695. The Balaban J connectivity index is 2.49. The predicted molar refractivity (Wildman–Crippen MR) is 90.7 cm³/mol. The number of nitrogens with one attached hydrogen (secondary N) is 1. The summed E-state index contributed by atoms with van der Waals surface area (Å²) in [6.07, 6.45) is 1.59. The maximum Gasteiger partial charge on any atom is 0.338 e. The Labute approximate surface area is 145 Å². The van der Waals surface area contributed by atoms with E-state index in [0.717, 1.165) is 12.8 Å². The van der Waals surface area contributed by atoms with E-state index in [1.807, 2.05) is 6.92 Å². The topological polar surface area (TPSA) is 102 Å². The SMILES string of the molecule is CCCCOC(=O)C1=C(C)N(C)C(=O)N[C@@H]1c1ccccc1[N+](=O)[O-]. The Morgan fingerprint density at radius 1 is 1.40 bits per heavy atom. The highest BCUT2D eigenvalue weighted by Gasteiger charge is 2.37. The quantitative estimate of drug-likeness (QED) is 0.369. The second-order valence-electron chi connectivity index (χ2n) is 5.75. The molecule has 0 spiro atoms. The second-order valence-corrected chi connectivity index (χ2v) is 5.75. The summed E-state index contributed by atoms with van der Waals surface area (Å²) >= 11 is 0. The highest BCUT2D eigenvalue weighted by atomic mass is 16.6. The lowest BCUT2D eigenvalue weighted by Gasteiger charge is -2.33. The Bertz CT molecular complexity index is 729. The average molecular weight is 347 g/mol. The Kier molecular flexibility index (Phi) is 5.74. The fraction of sp³-hybridized carbons (Fsp3) is 0.412. The summed E-state index contributed by atoms with van der Waals surface area (Å²) < 4.78 is 5.28. The van der Waals surface area contributed by atoms with Crippen LogP contribution in [-0.2, 0) is 9.53 Å². The van der Waals surface area contributed by atoms with Crippen LogP contribution in [0.2, 0.25) is 0 Å². The highest BCUT2D eigenvalue weighted by Crippen LogP contribution is 2.35. The maximum atomic E-state index is 12.6. The zero-order valence-corrected chi connectivity index (χ0v) is 14.4. The highest BCUT2D eigenvalue weighted by molar-refractivity contribution is 5.95. The van der Waals surface area contributed by atoms with Crippen molar-refractivity contribution in [3.05, 3.63) is 51.2 Å². The Morgan fingerprint density at radius 2 is 2.08 bits per heavy atom. The summed E-state index contributed by atoms with van der Waals surface area (Å²) in [5.74, 6) is -0.582. The number of esters is 1. The van der Waals surface area contributed by atoms with Gasteiger partial charge in [-0.05, 0) is 19.4 Å². The fourth-order valence-electron chi connectivity index (χ4n) is 2.62. The van der Waals surface area contributed by atoms with Crippen LogP contribution in [-0.4, -0.2) is 35.5 Å². The van der Waals surface area contributed by atoms with E-state index in [1.54, 1.807) is 13.0 Å². The van der Waals surface area contributed by atoms with Crippen LogP contribution in [0.5, 0.6) is 0 Å². The third kappa shape index (κ3) is 3.78. The van der Waals surface area contributed by atoms with Gasteiger partial charge in [0.25, 0.3) is 5.69 Å². The van der Waals surface area contributed by atoms with Crippen molar-refractivity contribution in [2.75, 3.05) is 13.7 Å². The molecule has 0 saturated carbocycles. The van der Waals surface area contributed by atoms with Gasteiger partial charge in [-0.2, -0.15) is 0 Å². The monoisotopic (exact) mass is 347 g/mol. The minimum Gasteiger partial charge on any atom is -0.462 e. The number of nitro groups is 1. The number of urea groups is 1. The van der Waals surface area contributed by atoms with E-state index in [0.29, 0.717) is 5.70 Å². The fourth-order valence-corrected chi connectivity index (χ4v) is 2.62. The van der Waals surface area contributed by atoms with Gasteiger partial charge in [0.1, 0.15) is 0 Å². The Morgan fingerprint density at radius 3 is 2.72 bits per heavy atom. The zero-order valence-electron chi connectivity index (χ0n) is 14.4. The van der Waals surface area contributed by atoms with Gasteiger partial charge in [-0.1, -0.05) is 25.5 Å². The van der Waals surface area contributed by atoms with Gasteiger partial charge in [-0.3, -0.25) is 10.1 Å². The van der Waals surface area contributed by atoms with E-state index < -0.39 is 23.0 Å². The molecule has 0 bridgehead atoms. The normalized spacial score (nSPS) is 17.3. The summed E-state index contributed by atoms with van der Waals surface area (Å²) in [7, 11) is 1.53. The molecule has 0 aromatic heterocycles. The first kappa shape index (κ1) is 18.4. The molecule has 0 aliphatic carbocycles. The molecular weight excluding hydrogens is 326 g/mol. The minimum absolute atomic E-state index is 0.163. The van der Waals surface area contributed by atoms with Gasteiger partial charge in [0.2, 0.25) is 0 Å². The van der Waals surface area contributed by atoms with Gasteiger partial charge >= 0.3 is 12.0 Å². The van der Waals surface area contributed by atoms with Crippen molar-refractivity contribution < 1.29 is 19.2 Å². The lowest BCUT2D eigenvalue weighted by Crippen LogP contribution is -2.46. The van der Waals surface area contributed by atoms with Gasteiger partial charge in [0.15, 0.2) is 0 Å². The molecule has 25 heavy (non-hydrogen) atoms. The van der Waals surface area contributed by atoms with Crippen molar-refractivity contribution >= 4 is 17.7 Å². The van der Waals surface area contributed by atoms with Crippen molar-refractivity contribution in [3.8, 4) is 0 Å². The number of hydrogen-bond acceptors (Lipinski definition) is 5. The molecule has 0 saturated heterocycles. The molecule has 134 valence electrons. The second kappa shape index (κ2) is 7.78. The molecule has 1 heterocycles. The predicted octanol–water partition coefficient (Wildman–Crippen LogP) is 2.91. The van der Waals surface area contributed by atoms with Gasteiger partial charge in [-0.15, -0.1) is 0 Å². The summed E-state index contributed by atoms with van der Waals surface area (Å²) in [6, 6.07) is 4.66. The van der Waals surface area contributed by atoms with E-state index >= 15 is 0 Å². The molecule has 0 unspecified atom stereocenters. The minimum atomic E-state index is -0.931. The van der Waals surface area contributed by atoms with E-state index in [1.165, 1.54) is 30.1 Å². The van der Waals surface area contributed by atoms with Gasteiger partial charge in [0, 0.05) is 18.8 Å². The number of hydrogen-bond donors (Lipinski definition) is 1. The molecule has 1 atom stereocenters. The van der Waals surface area contributed by atoms with Crippen molar-refractivity contribution in [2.24, 2.45) is 0 Å². The lowest BCUT2D eigenvalue weighted by molar-refractivity contribution is -0.385. The number of unbranched alkanes of at least 4 members (excludes halogenated alkanes) is 1. The molecule has 1 aliphatic rings. The molecule has 8 heteroatoms. The smallest absolute Gasteiger partial charge is 0.338 e. The number of nitrogens with zero attached hydrogens (tertiary/aromatic N) is 2. The first-order chi connectivity index (χ1) is 11.9. The van der Waals surface area contributed by atoms with Gasteiger partial charge < -0.3 is 15.0 Å². The molecular formula is C17H21N3O5. The standard InChI is InChI=1S/C17H21N3O5/c1-4-5-10-25-16(21)14-11(2)19(3)17(22)18-15(14)12-8-6-7-9-13(12)20(23)24/h6-9,15H,4-5,10H2,1-3H3,(H,18,22)/t15-/m1/s1. The molecule has 0 radical (unpaired) electrons. The molecule has 2 amide bonds. The van der Waals surface area contributed by atoms with E-state index in [-0.39, 0.29) is 23.4 Å². The Hall–Kier alpha value is -2.90. The first-order valence-electron chi connectivity index (χ1n) is 8.03. The van der Waals surface area contributed by atoms with Crippen molar-refractivity contribution in [2.45, 2.75) is 32.7 Å². The number of nitro benzene ring substituents is 1. The number of ether oxygens (including phenoxy) is 1. The molecule has 1 aliphatic heterocycles. The van der Waals surface area contributed by atoms with E-state index in [4.69, 9.17) is 4.74 Å². The zero-order chi connectivity index (χ0) is 18.6. The number of carbonyl (C=O) groups excluding carboxylic acids is 2. The van der Waals surface area contributed by atoms with Crippen LogP contribution >= 0.6 is 0 Å². The van der Waals surface area contributed by atoms with Crippen LogP contribution in [0.4, 0.5) is 10.5 Å². The number of benzene rings is 1. The number of carbonyl (C=O) groups is 2. The van der Waals surface area contributed by atoms with Gasteiger partial charge in [0.05, 0.1) is 28.7 Å². The largest absolute Gasteiger partial charge is 0.462 e. The molecule has 2 rings (SSSR count). The summed E-state index contributed by atoms with van der Waals surface area (Å²) in [6.45, 7) is 3.85. The number of rotatable bonds is 6. The third-order valence-corrected chi connectivity index (χ3v) is 4.15. The summed E-state index contributed by atoms with van der Waals surface area (Å²) in [4.78, 5) is 36.8. The van der Waals surface area contributed by atoms with E-state index in [9.17, 15) is 19.7 Å². The van der Waals surface area contributed by atoms with Crippen LogP contribution in [0.3, 0.4) is 0 Å². The molecule has 8 nitrogen and oxygen atoms in total. The van der Waals surface area contributed by atoms with Crippen LogP contribution in [0.1, 0.15) is 38.3 Å².